The number of halogens is 6. The van der Waals surface area contributed by atoms with E-state index >= 15 is 0 Å². The van der Waals surface area contributed by atoms with Crippen molar-refractivity contribution in [3.63, 3.8) is 0 Å². The van der Waals surface area contributed by atoms with Crippen molar-refractivity contribution in [2.45, 2.75) is 18.4 Å². The highest BCUT2D eigenvalue weighted by Crippen LogP contribution is 2.37. The van der Waals surface area contributed by atoms with Crippen LogP contribution in [0.25, 0.3) is 0 Å². The van der Waals surface area contributed by atoms with E-state index in [0.29, 0.717) is 0 Å². The van der Waals surface area contributed by atoms with Crippen LogP contribution in [0.5, 0.6) is 0 Å². The Hall–Kier alpha value is -1.19. The highest BCUT2D eigenvalue weighted by Gasteiger charge is 2.59. The SMILES string of the molecule is [2H]C1([2H])N(C(=O)O)C([2H])([2H])C([2H])([2H])N(C(C(F)(F)F)C(F)(F)F)C1([2H])[2H]. The zero-order valence-corrected chi connectivity index (χ0v) is 8.10. The fourth-order valence-electron chi connectivity index (χ4n) is 0.967. The van der Waals surface area contributed by atoms with E-state index in [1.54, 1.807) is 0 Å². The van der Waals surface area contributed by atoms with Gasteiger partial charge in [0.05, 0.1) is 5.48 Å². The first-order chi connectivity index (χ1) is 11.1. The Morgan fingerprint density at radius 1 is 1.06 bits per heavy atom. The van der Waals surface area contributed by atoms with Crippen molar-refractivity contribution in [3.8, 4) is 0 Å². The van der Waals surface area contributed by atoms with Crippen LogP contribution in [0.2, 0.25) is 0 Å². The number of carbonyl (C=O) groups is 1. The molecule has 0 aromatic heterocycles. The summed E-state index contributed by atoms with van der Waals surface area (Å²) in [4.78, 5) is 8.26. The molecule has 0 aromatic carbocycles. The second kappa shape index (κ2) is 4.82. The Balaban J connectivity index is 3.90. The number of alkyl halides is 6. The van der Waals surface area contributed by atoms with Crippen molar-refractivity contribution in [2.75, 3.05) is 26.0 Å². The Labute approximate surface area is 109 Å². The third kappa shape index (κ3) is 3.40. The van der Waals surface area contributed by atoms with Crippen LogP contribution >= 0.6 is 0 Å². The number of piperazine rings is 1. The van der Waals surface area contributed by atoms with Crippen LogP contribution in [0.1, 0.15) is 11.0 Å². The number of hydrogen-bond donors (Lipinski definition) is 1. The van der Waals surface area contributed by atoms with E-state index in [1.165, 1.54) is 0 Å². The number of hydrogen-bond acceptors (Lipinski definition) is 2. The minimum absolute atomic E-state index is 1.12. The van der Waals surface area contributed by atoms with Gasteiger partial charge in [-0.05, 0) is 0 Å². The number of amides is 1. The average molecular weight is 288 g/mol. The first-order valence-corrected chi connectivity index (χ1v) is 4.02. The zero-order chi connectivity index (χ0) is 21.3. The minimum atomic E-state index is -6.39. The van der Waals surface area contributed by atoms with Crippen molar-refractivity contribution in [1.82, 2.24) is 9.80 Å². The summed E-state index contributed by atoms with van der Waals surface area (Å²) < 4.78 is 137. The molecule has 4 nitrogen and oxygen atoms in total. The summed E-state index contributed by atoms with van der Waals surface area (Å²) >= 11 is 0. The fraction of sp³-hybridized carbons (Fsp3) is 0.875. The van der Waals surface area contributed by atoms with E-state index in [0.717, 1.165) is 0 Å². The second-order valence-electron chi connectivity index (χ2n) is 2.92. The molecule has 0 spiro atoms. The average Bonchev–Trinajstić information content (AvgIpc) is 2.28. The topological polar surface area (TPSA) is 43.8 Å². The van der Waals surface area contributed by atoms with Gasteiger partial charge in [-0.25, -0.2) is 4.79 Å². The maximum atomic E-state index is 13.0. The maximum Gasteiger partial charge on any atom is 0.412 e. The lowest BCUT2D eigenvalue weighted by Crippen LogP contribution is -2.60. The van der Waals surface area contributed by atoms with E-state index < -0.39 is 60.3 Å². The summed E-state index contributed by atoms with van der Waals surface area (Å²) in [6.45, 7) is -17.8. The van der Waals surface area contributed by atoms with Crippen molar-refractivity contribution in [2.24, 2.45) is 0 Å². The second-order valence-corrected chi connectivity index (χ2v) is 2.92. The van der Waals surface area contributed by atoms with Gasteiger partial charge in [0.25, 0.3) is 0 Å². The molecule has 1 fully saturated rings. The smallest absolute Gasteiger partial charge is 0.412 e. The maximum absolute atomic E-state index is 13.0. The summed E-state index contributed by atoms with van der Waals surface area (Å²) in [5, 5.41) is 8.87. The van der Waals surface area contributed by atoms with Gasteiger partial charge in [0.1, 0.15) is 0 Å². The first kappa shape index (κ1) is 6.83. The van der Waals surface area contributed by atoms with Gasteiger partial charge in [-0.15, -0.1) is 0 Å². The lowest BCUT2D eigenvalue weighted by atomic mass is 10.2. The molecule has 106 valence electrons. The Morgan fingerprint density at radius 3 is 1.72 bits per heavy atom. The van der Waals surface area contributed by atoms with Gasteiger partial charge in [0.15, 0.2) is 0 Å². The normalized spacial score (nSPS) is 37.2. The Bertz CT molecular complexity index is 552. The molecule has 0 bridgehead atoms. The van der Waals surface area contributed by atoms with Crippen LogP contribution in [0, 0.1) is 0 Å². The first-order valence-electron chi connectivity index (χ1n) is 8.02. The largest absolute Gasteiger partial charge is 0.465 e. The molecule has 1 aliphatic rings. The molecule has 1 rings (SSSR count). The van der Waals surface area contributed by atoms with E-state index in [1.807, 2.05) is 0 Å². The third-order valence-electron chi connectivity index (χ3n) is 1.63. The van der Waals surface area contributed by atoms with E-state index in [-0.39, 0.29) is 0 Å². The molecule has 0 atom stereocenters. The molecule has 0 aliphatic carbocycles. The van der Waals surface area contributed by atoms with Crippen LogP contribution in [0.3, 0.4) is 0 Å². The van der Waals surface area contributed by atoms with Gasteiger partial charge in [-0.1, -0.05) is 0 Å². The lowest BCUT2D eigenvalue weighted by Gasteiger charge is -2.39. The monoisotopic (exact) mass is 288 g/mol. The molecule has 0 radical (unpaired) electrons. The molecule has 10 heteroatoms. The molecule has 1 saturated heterocycles. The quantitative estimate of drug-likeness (QED) is 0.748. The van der Waals surface area contributed by atoms with Crippen molar-refractivity contribution < 1.29 is 47.2 Å². The predicted molar refractivity (Wildman–Crippen MR) is 47.1 cm³/mol. The molecule has 1 heterocycles. The van der Waals surface area contributed by atoms with Gasteiger partial charge >= 0.3 is 18.4 Å². The predicted octanol–water partition coefficient (Wildman–Crippen LogP) is 1.78. The van der Waals surface area contributed by atoms with Crippen LogP contribution in [-0.2, 0) is 0 Å². The van der Waals surface area contributed by atoms with Crippen LogP contribution in [0.15, 0.2) is 0 Å². The molecular weight excluding hydrogens is 270 g/mol. The molecule has 1 aliphatic heterocycles. The van der Waals surface area contributed by atoms with Gasteiger partial charge in [0.2, 0.25) is 6.04 Å². The van der Waals surface area contributed by atoms with E-state index in [4.69, 9.17) is 16.1 Å². The summed E-state index contributed by atoms with van der Waals surface area (Å²) in [6.07, 6.45) is -15.4. The lowest BCUT2D eigenvalue weighted by molar-refractivity contribution is -0.289. The Morgan fingerprint density at radius 2 is 1.44 bits per heavy atom. The van der Waals surface area contributed by atoms with Gasteiger partial charge in [-0.3, -0.25) is 4.90 Å². The fourth-order valence-corrected chi connectivity index (χ4v) is 0.967. The number of nitrogens with zero attached hydrogens (tertiary/aromatic N) is 2. The molecule has 0 aromatic rings. The highest BCUT2D eigenvalue weighted by molar-refractivity contribution is 5.65. The van der Waals surface area contributed by atoms with Crippen molar-refractivity contribution >= 4 is 6.09 Å². The van der Waals surface area contributed by atoms with Crippen LogP contribution in [-0.4, -0.2) is 65.4 Å². The standard InChI is InChI=1S/C8H10F6N2O2/c9-7(10,11)5(8(12,13)14)15-1-3-16(4-2-15)6(17)18/h5H,1-4H2,(H,17,18)/i1D2,2D2,3D2,4D2. The number of rotatable bonds is 1. The van der Waals surface area contributed by atoms with Gasteiger partial charge < -0.3 is 10.0 Å². The highest BCUT2D eigenvalue weighted by atomic mass is 19.4. The summed E-state index contributed by atoms with van der Waals surface area (Å²) in [6, 6.07) is -4.96. The molecule has 0 unspecified atom stereocenters. The zero-order valence-electron chi connectivity index (χ0n) is 16.1. The third-order valence-corrected chi connectivity index (χ3v) is 1.63. The van der Waals surface area contributed by atoms with E-state index in [9.17, 15) is 31.1 Å². The van der Waals surface area contributed by atoms with Crippen molar-refractivity contribution in [1.29, 1.82) is 0 Å². The summed E-state index contributed by atoms with van der Waals surface area (Å²) in [7, 11) is 0. The van der Waals surface area contributed by atoms with Crippen molar-refractivity contribution in [3.05, 3.63) is 0 Å². The Kier molecular flexibility index (Phi) is 1.83. The number of carboxylic acid groups (broad SMARTS) is 1. The summed E-state index contributed by atoms with van der Waals surface area (Å²) in [5.41, 5.74) is 0. The molecule has 0 saturated carbocycles. The van der Waals surface area contributed by atoms with Crippen LogP contribution < -0.4 is 0 Å². The van der Waals surface area contributed by atoms with Gasteiger partial charge in [-0.2, -0.15) is 26.3 Å². The summed E-state index contributed by atoms with van der Waals surface area (Å²) in [5.74, 6) is 0. The molecule has 18 heavy (non-hydrogen) atoms. The van der Waals surface area contributed by atoms with Crippen LogP contribution in [0.4, 0.5) is 31.1 Å². The molecule has 1 N–H and O–H groups in total. The minimum Gasteiger partial charge on any atom is -0.465 e. The van der Waals surface area contributed by atoms with Gasteiger partial charge in [0, 0.05) is 31.5 Å². The van der Waals surface area contributed by atoms with E-state index in [2.05, 4.69) is 0 Å². The molecule has 1 amide bonds. The molecular formula is C8H10F6N2O2.